The van der Waals surface area contributed by atoms with E-state index in [1.165, 1.54) is 0 Å². The summed E-state index contributed by atoms with van der Waals surface area (Å²) in [5, 5.41) is 8.66. The monoisotopic (exact) mass is 160 g/mol. The normalized spacial score (nSPS) is 9.00. The van der Waals surface area contributed by atoms with Crippen molar-refractivity contribution in [3.05, 3.63) is 29.8 Å². The fourth-order valence-corrected chi connectivity index (χ4v) is 0.841. The topological polar surface area (TPSA) is 33.0 Å². The lowest BCUT2D eigenvalue weighted by atomic mass is 10.2. The molecule has 1 aromatic carbocycles. The zero-order valence-corrected chi connectivity index (χ0v) is 7.00. The van der Waals surface area contributed by atoms with Gasteiger partial charge in [-0.25, -0.2) is 0 Å². The second kappa shape index (κ2) is 4.40. The molecule has 0 amide bonds. The second-order valence-electron chi connectivity index (χ2n) is 2.37. The minimum Gasteiger partial charge on any atom is -0.492 e. The summed E-state index contributed by atoms with van der Waals surface area (Å²) >= 11 is 0. The van der Waals surface area contributed by atoms with Gasteiger partial charge in [-0.2, -0.15) is 5.26 Å². The van der Waals surface area contributed by atoms with Gasteiger partial charge in [-0.05, 0) is 12.5 Å². The van der Waals surface area contributed by atoms with E-state index in [4.69, 9.17) is 10.00 Å². The van der Waals surface area contributed by atoms with Crippen LogP contribution in [0.3, 0.4) is 0 Å². The molecule has 1 aromatic rings. The van der Waals surface area contributed by atoms with Crippen molar-refractivity contribution in [1.29, 1.82) is 5.26 Å². The fraction of sp³-hybridized carbons (Fsp3) is 0.300. The molecule has 0 spiro atoms. The number of nitrogens with zero attached hydrogens (tertiary/aromatic N) is 1. The van der Waals surface area contributed by atoms with Crippen molar-refractivity contribution >= 4 is 0 Å². The number of nitriles is 1. The fourth-order valence-electron chi connectivity index (χ4n) is 0.841. The number of rotatable bonds is 3. The van der Waals surface area contributed by atoms with Gasteiger partial charge in [-0.1, -0.05) is 19.1 Å². The van der Waals surface area contributed by atoms with Crippen LogP contribution in [0.2, 0.25) is 0 Å². The van der Waals surface area contributed by atoms with Crippen LogP contribution in [0.5, 0.6) is 5.75 Å². The Balaban J connectivity index is 2.77. The predicted molar refractivity (Wildman–Crippen MR) is 45.8 cm³/mol. The van der Waals surface area contributed by atoms with Crippen LogP contribution >= 0.6 is 0 Å². The van der Waals surface area contributed by atoms with Gasteiger partial charge >= 0.3 is 0 Å². The van der Waals surface area contributed by atoms with E-state index in [9.17, 15) is 0 Å². The first-order valence-corrected chi connectivity index (χ1v) is 3.92. The molecular formula is C10H10NO. The lowest BCUT2D eigenvalue weighted by Gasteiger charge is -2.04. The zero-order valence-electron chi connectivity index (χ0n) is 7.00. The highest BCUT2D eigenvalue weighted by Crippen LogP contribution is 2.15. The van der Waals surface area contributed by atoms with Crippen LogP contribution in [0.25, 0.3) is 0 Å². The Bertz CT molecular complexity index is 288. The summed E-state index contributed by atoms with van der Waals surface area (Å²) < 4.78 is 5.32. The van der Waals surface area contributed by atoms with Gasteiger partial charge in [0.2, 0.25) is 0 Å². The molecule has 0 heterocycles. The van der Waals surface area contributed by atoms with E-state index < -0.39 is 0 Å². The van der Waals surface area contributed by atoms with Crippen LogP contribution in [0, 0.1) is 17.4 Å². The van der Waals surface area contributed by atoms with Crippen LogP contribution < -0.4 is 4.74 Å². The van der Waals surface area contributed by atoms with Crippen molar-refractivity contribution < 1.29 is 4.74 Å². The molecule has 0 N–H and O–H groups in total. The Labute approximate surface area is 72.4 Å². The standard InChI is InChI=1S/C10H10NO/c1-2-7-12-10-6-4-3-5-9(10)8-11/h3-4,6H,2,7H2,1H3. The second-order valence-corrected chi connectivity index (χ2v) is 2.37. The predicted octanol–water partition coefficient (Wildman–Crippen LogP) is 2.15. The quantitative estimate of drug-likeness (QED) is 0.678. The Morgan fingerprint density at radius 3 is 3.17 bits per heavy atom. The summed E-state index contributed by atoms with van der Waals surface area (Å²) in [4.78, 5) is 0. The molecule has 0 fully saturated rings. The molecule has 12 heavy (non-hydrogen) atoms. The van der Waals surface area contributed by atoms with E-state index >= 15 is 0 Å². The Morgan fingerprint density at radius 2 is 2.50 bits per heavy atom. The molecule has 0 unspecified atom stereocenters. The first kappa shape index (κ1) is 8.61. The van der Waals surface area contributed by atoms with Crippen LogP contribution in [0.1, 0.15) is 18.9 Å². The smallest absolute Gasteiger partial charge is 0.137 e. The summed E-state index contributed by atoms with van der Waals surface area (Å²) in [7, 11) is 0. The van der Waals surface area contributed by atoms with Crippen molar-refractivity contribution in [2.24, 2.45) is 0 Å². The Kier molecular flexibility index (Phi) is 3.16. The van der Waals surface area contributed by atoms with Gasteiger partial charge in [-0.15, -0.1) is 0 Å². The van der Waals surface area contributed by atoms with Crippen molar-refractivity contribution in [3.8, 4) is 11.8 Å². The third-order valence-electron chi connectivity index (χ3n) is 1.39. The highest BCUT2D eigenvalue weighted by Gasteiger charge is 1.99. The van der Waals surface area contributed by atoms with Gasteiger partial charge in [0.15, 0.2) is 0 Å². The van der Waals surface area contributed by atoms with Crippen LogP contribution in [-0.2, 0) is 0 Å². The maximum Gasteiger partial charge on any atom is 0.137 e. The van der Waals surface area contributed by atoms with Crippen molar-refractivity contribution in [2.45, 2.75) is 13.3 Å². The maximum atomic E-state index is 8.66. The van der Waals surface area contributed by atoms with Crippen molar-refractivity contribution in [2.75, 3.05) is 6.61 Å². The van der Waals surface area contributed by atoms with Crippen molar-refractivity contribution in [3.63, 3.8) is 0 Å². The molecule has 0 aromatic heterocycles. The van der Waals surface area contributed by atoms with Gasteiger partial charge in [0, 0.05) is 6.07 Å². The summed E-state index contributed by atoms with van der Waals surface area (Å²) in [6.07, 6.45) is 0.944. The molecule has 0 aliphatic carbocycles. The lowest BCUT2D eigenvalue weighted by molar-refractivity contribution is 0.316. The Hall–Kier alpha value is -1.49. The molecule has 0 atom stereocenters. The molecule has 1 radical (unpaired) electrons. The molecule has 2 heteroatoms. The molecule has 0 saturated heterocycles. The van der Waals surface area contributed by atoms with Gasteiger partial charge in [0.25, 0.3) is 0 Å². The molecular weight excluding hydrogens is 150 g/mol. The zero-order chi connectivity index (χ0) is 8.81. The van der Waals surface area contributed by atoms with Crippen LogP contribution in [0.4, 0.5) is 0 Å². The molecule has 2 nitrogen and oxygen atoms in total. The van der Waals surface area contributed by atoms with E-state index in [0.29, 0.717) is 17.9 Å². The first-order chi connectivity index (χ1) is 5.88. The van der Waals surface area contributed by atoms with E-state index in [2.05, 4.69) is 6.07 Å². The van der Waals surface area contributed by atoms with E-state index in [1.54, 1.807) is 12.1 Å². The van der Waals surface area contributed by atoms with Crippen molar-refractivity contribution in [1.82, 2.24) is 0 Å². The largest absolute Gasteiger partial charge is 0.492 e. The number of hydrogen-bond acceptors (Lipinski definition) is 2. The summed E-state index contributed by atoms with van der Waals surface area (Å²) in [6.45, 7) is 2.67. The molecule has 0 saturated carbocycles. The van der Waals surface area contributed by atoms with Gasteiger partial charge in [0.05, 0.1) is 6.61 Å². The van der Waals surface area contributed by atoms with Crippen LogP contribution in [0.15, 0.2) is 18.2 Å². The van der Waals surface area contributed by atoms with Crippen LogP contribution in [-0.4, -0.2) is 6.61 Å². The molecule has 0 aliphatic rings. The number of ether oxygens (including phenoxy) is 1. The Morgan fingerprint density at radius 1 is 1.67 bits per heavy atom. The third kappa shape index (κ3) is 2.00. The third-order valence-corrected chi connectivity index (χ3v) is 1.39. The minimum absolute atomic E-state index is 0.478. The average molecular weight is 160 g/mol. The molecule has 0 aliphatic heterocycles. The van der Waals surface area contributed by atoms with Gasteiger partial charge in [-0.3, -0.25) is 0 Å². The average Bonchev–Trinajstić information content (AvgIpc) is 2.15. The highest BCUT2D eigenvalue weighted by atomic mass is 16.5. The summed E-state index contributed by atoms with van der Waals surface area (Å²) in [5.74, 6) is 0.627. The van der Waals surface area contributed by atoms with E-state index in [0.717, 1.165) is 6.42 Å². The maximum absolute atomic E-state index is 8.66. The summed E-state index contributed by atoms with van der Waals surface area (Å²) in [6, 6.07) is 10.1. The minimum atomic E-state index is 0.478. The first-order valence-electron chi connectivity index (χ1n) is 3.92. The van der Waals surface area contributed by atoms with E-state index in [1.807, 2.05) is 19.1 Å². The SMILES string of the molecule is CCCOc1ccc[c]c1C#N. The number of hydrogen-bond donors (Lipinski definition) is 0. The summed E-state index contributed by atoms with van der Waals surface area (Å²) in [5.41, 5.74) is 0.478. The highest BCUT2D eigenvalue weighted by molar-refractivity contribution is 5.41. The number of benzene rings is 1. The molecule has 61 valence electrons. The van der Waals surface area contributed by atoms with Gasteiger partial charge in [0.1, 0.15) is 17.4 Å². The van der Waals surface area contributed by atoms with Gasteiger partial charge < -0.3 is 4.74 Å². The molecule has 1 rings (SSSR count). The lowest BCUT2D eigenvalue weighted by Crippen LogP contribution is -1.96. The molecule has 0 bridgehead atoms. The van der Waals surface area contributed by atoms with E-state index in [-0.39, 0.29) is 0 Å².